The fourth-order valence-electron chi connectivity index (χ4n) is 10.8. The lowest BCUT2D eigenvalue weighted by Gasteiger charge is -2.37. The van der Waals surface area contributed by atoms with E-state index in [0.29, 0.717) is 11.1 Å². The van der Waals surface area contributed by atoms with Gasteiger partial charge < -0.3 is 10.2 Å². The first-order chi connectivity index (χ1) is 35.4. The van der Waals surface area contributed by atoms with Crippen molar-refractivity contribution in [2.24, 2.45) is 9.98 Å². The molecule has 0 radical (unpaired) electrons. The molecule has 0 aromatic heterocycles. The zero-order valence-corrected chi connectivity index (χ0v) is 40.5. The Bertz CT molecular complexity index is 2990. The fraction of sp³-hybridized carbons (Fsp3) is 0.0882. The first-order valence-electron chi connectivity index (χ1n) is 24.6. The molecule has 0 fully saturated rings. The number of rotatable bonds is 15. The third-order valence-corrected chi connectivity index (χ3v) is 13.9. The second-order valence-electron chi connectivity index (χ2n) is 18.5. The van der Waals surface area contributed by atoms with Gasteiger partial charge in [0.1, 0.15) is 23.6 Å². The van der Waals surface area contributed by atoms with E-state index in [1.165, 1.54) is 0 Å². The Balaban J connectivity index is 1.14. The molecule has 0 amide bonds. The van der Waals surface area contributed by atoms with Crippen molar-refractivity contribution in [3.8, 4) is 11.5 Å². The zero-order chi connectivity index (χ0) is 49.3. The van der Waals surface area contributed by atoms with Crippen molar-refractivity contribution in [3.63, 3.8) is 0 Å². The number of phenols is 2. The van der Waals surface area contributed by atoms with Gasteiger partial charge in [0.2, 0.25) is 0 Å². The zero-order valence-electron chi connectivity index (χ0n) is 40.5. The topological polar surface area (TPSA) is 65.2 Å². The summed E-state index contributed by atoms with van der Waals surface area (Å²) in [7, 11) is 0. The summed E-state index contributed by atoms with van der Waals surface area (Å²) in [4.78, 5) is 10.9. The van der Waals surface area contributed by atoms with Crippen LogP contribution in [0.4, 0.5) is 0 Å². The Morgan fingerprint density at radius 3 is 0.778 bits per heavy atom. The summed E-state index contributed by atoms with van der Waals surface area (Å²) in [6, 6.07) is 90.1. The number of benzene rings is 10. The molecule has 10 aromatic rings. The summed E-state index contributed by atoms with van der Waals surface area (Å²) >= 11 is 0. The van der Waals surface area contributed by atoms with Crippen LogP contribution in [-0.2, 0) is 10.8 Å². The van der Waals surface area contributed by atoms with Gasteiger partial charge in [-0.05, 0) is 81.6 Å². The third kappa shape index (κ3) is 8.96. The minimum Gasteiger partial charge on any atom is -0.507 e. The number of nitrogens with zero attached hydrogens (tertiary/aromatic N) is 2. The van der Waals surface area contributed by atoms with Gasteiger partial charge in [-0.3, -0.25) is 9.98 Å². The van der Waals surface area contributed by atoms with E-state index < -0.39 is 22.9 Å². The average molecular weight is 933 g/mol. The van der Waals surface area contributed by atoms with Crippen LogP contribution in [0, 0.1) is 13.8 Å². The summed E-state index contributed by atoms with van der Waals surface area (Å²) in [5.41, 5.74) is 11.0. The van der Waals surface area contributed by atoms with Crippen molar-refractivity contribution in [1.29, 1.82) is 0 Å². The molecular weight excluding hydrogens is 877 g/mol. The lowest BCUT2D eigenvalue weighted by Crippen LogP contribution is -2.31. The highest BCUT2D eigenvalue weighted by Gasteiger charge is 2.42. The van der Waals surface area contributed by atoms with Gasteiger partial charge in [0.05, 0.1) is 10.8 Å². The summed E-state index contributed by atoms with van der Waals surface area (Å²) in [6.07, 6.45) is 3.63. The molecule has 0 spiro atoms. The summed E-state index contributed by atoms with van der Waals surface area (Å²) in [5, 5.41) is 25.7. The van der Waals surface area contributed by atoms with Gasteiger partial charge in [-0.1, -0.05) is 255 Å². The van der Waals surface area contributed by atoms with Crippen molar-refractivity contribution in [2.45, 2.75) is 36.8 Å². The lowest BCUT2D eigenvalue weighted by atomic mass is 9.64. The lowest BCUT2D eigenvalue weighted by molar-refractivity contribution is 0.458. The monoisotopic (exact) mass is 932 g/mol. The SMILES string of the molecule is Cc1cc(C=N[C@@H](c2ccccc2)[C@@H](N=Cc2cc(C)cc(C(c3ccccc3)(c3ccccc3)c3ccccc3)c2O)c2ccccc2)c(O)c(C(c2ccccc2)(c2ccccc2)c2ccccc2)c1. The van der Waals surface area contributed by atoms with Crippen molar-refractivity contribution in [3.05, 3.63) is 345 Å². The van der Waals surface area contributed by atoms with E-state index in [1.807, 2.05) is 97.4 Å². The number of aliphatic imine (C=N–C) groups is 2. The Morgan fingerprint density at radius 2 is 0.542 bits per heavy atom. The van der Waals surface area contributed by atoms with Crippen molar-refractivity contribution in [1.82, 2.24) is 0 Å². The van der Waals surface area contributed by atoms with Crippen LogP contribution < -0.4 is 0 Å². The van der Waals surface area contributed by atoms with Crippen LogP contribution in [0.2, 0.25) is 0 Å². The van der Waals surface area contributed by atoms with E-state index in [2.05, 4.69) is 196 Å². The van der Waals surface area contributed by atoms with E-state index in [9.17, 15) is 10.2 Å². The molecule has 0 aliphatic heterocycles. The molecule has 4 heteroatoms. The molecule has 2 N–H and O–H groups in total. The maximum atomic E-state index is 12.9. The largest absolute Gasteiger partial charge is 0.507 e. The fourth-order valence-corrected chi connectivity index (χ4v) is 10.8. The van der Waals surface area contributed by atoms with Crippen LogP contribution in [0.5, 0.6) is 11.5 Å². The van der Waals surface area contributed by atoms with Crippen LogP contribution in [0.1, 0.15) is 90.0 Å². The first kappa shape index (κ1) is 46.8. The average Bonchev–Trinajstić information content (AvgIpc) is 3.44. The van der Waals surface area contributed by atoms with Gasteiger partial charge in [0.25, 0.3) is 0 Å². The molecule has 0 saturated heterocycles. The summed E-state index contributed by atoms with van der Waals surface area (Å²) in [6.45, 7) is 4.14. The van der Waals surface area contributed by atoms with E-state index in [1.54, 1.807) is 0 Å². The van der Waals surface area contributed by atoms with E-state index >= 15 is 0 Å². The van der Waals surface area contributed by atoms with Gasteiger partial charge >= 0.3 is 0 Å². The number of aromatic hydroxyl groups is 2. The maximum absolute atomic E-state index is 12.9. The van der Waals surface area contributed by atoms with E-state index in [0.717, 1.165) is 66.8 Å². The highest BCUT2D eigenvalue weighted by molar-refractivity contribution is 5.87. The quantitative estimate of drug-likeness (QED) is 0.0794. The minimum absolute atomic E-state index is 0.142. The summed E-state index contributed by atoms with van der Waals surface area (Å²) < 4.78 is 0. The summed E-state index contributed by atoms with van der Waals surface area (Å²) in [5.74, 6) is 0.284. The van der Waals surface area contributed by atoms with E-state index in [4.69, 9.17) is 9.98 Å². The van der Waals surface area contributed by atoms with E-state index in [-0.39, 0.29) is 11.5 Å². The molecule has 10 aromatic carbocycles. The highest BCUT2D eigenvalue weighted by Crippen LogP contribution is 2.51. The standard InChI is InChI=1S/C68H56N2O2/c1-49-43-53(65(71)61(45-49)67(55-31-15-5-16-32-55,56-33-17-6-18-34-56)57-35-19-7-20-36-57)47-69-63(51-27-11-3-12-28-51)64(52-29-13-4-14-30-52)70-48-54-44-50(2)46-62(66(54)72)68(58-37-21-8-22-38-58,59-39-23-9-24-40-59)60-41-25-10-26-42-60/h3-48,63-64,71-72H,1-2H3/t63-,64-/m0/s1. The maximum Gasteiger partial charge on any atom is 0.129 e. The normalized spacial score (nSPS) is 12.8. The molecule has 4 nitrogen and oxygen atoms in total. The Hall–Kier alpha value is -8.86. The molecule has 0 aliphatic rings. The van der Waals surface area contributed by atoms with Crippen molar-refractivity contribution < 1.29 is 10.2 Å². The molecule has 0 aliphatic carbocycles. The molecular formula is C68H56N2O2. The van der Waals surface area contributed by atoms with Crippen molar-refractivity contribution >= 4 is 12.4 Å². The number of aryl methyl sites for hydroxylation is 2. The molecule has 10 rings (SSSR count). The molecule has 0 heterocycles. The van der Waals surface area contributed by atoms with Gasteiger partial charge in [0.15, 0.2) is 0 Å². The second-order valence-corrected chi connectivity index (χ2v) is 18.5. The molecule has 0 unspecified atom stereocenters. The van der Waals surface area contributed by atoms with Crippen molar-refractivity contribution in [2.75, 3.05) is 0 Å². The molecule has 350 valence electrons. The minimum atomic E-state index is -0.869. The van der Waals surface area contributed by atoms with Crippen LogP contribution in [0.25, 0.3) is 0 Å². The smallest absolute Gasteiger partial charge is 0.129 e. The van der Waals surface area contributed by atoms with Gasteiger partial charge in [-0.15, -0.1) is 0 Å². The van der Waals surface area contributed by atoms with Crippen LogP contribution in [0.15, 0.2) is 277 Å². The Kier molecular flexibility index (Phi) is 13.7. The molecule has 2 atom stereocenters. The second kappa shape index (κ2) is 21.0. The van der Waals surface area contributed by atoms with Gasteiger partial charge in [0, 0.05) is 34.7 Å². The van der Waals surface area contributed by atoms with Crippen LogP contribution in [0.3, 0.4) is 0 Å². The Labute approximate surface area is 423 Å². The highest BCUT2D eigenvalue weighted by atomic mass is 16.3. The molecule has 0 bridgehead atoms. The number of phenolic OH excluding ortho intramolecular Hbond substituents is 2. The number of hydrogen-bond acceptors (Lipinski definition) is 4. The van der Waals surface area contributed by atoms with Crippen LogP contribution in [-0.4, -0.2) is 22.6 Å². The predicted octanol–water partition coefficient (Wildman–Crippen LogP) is 15.5. The third-order valence-electron chi connectivity index (χ3n) is 13.9. The predicted molar refractivity (Wildman–Crippen MR) is 296 cm³/mol. The first-order valence-corrected chi connectivity index (χ1v) is 24.6. The van der Waals surface area contributed by atoms with Gasteiger partial charge in [-0.2, -0.15) is 0 Å². The molecule has 72 heavy (non-hydrogen) atoms. The number of hydrogen-bond donors (Lipinski definition) is 2. The van der Waals surface area contributed by atoms with Gasteiger partial charge in [-0.25, -0.2) is 0 Å². The molecule has 0 saturated carbocycles. The Morgan fingerprint density at radius 1 is 0.319 bits per heavy atom. The van der Waals surface area contributed by atoms with Crippen LogP contribution >= 0.6 is 0 Å².